The van der Waals surface area contributed by atoms with Crippen molar-refractivity contribution < 1.29 is 4.79 Å². The van der Waals surface area contributed by atoms with E-state index in [9.17, 15) is 4.79 Å². The molecule has 0 radical (unpaired) electrons. The Bertz CT molecular complexity index is 726. The second-order valence-electron chi connectivity index (χ2n) is 6.24. The molecule has 0 saturated heterocycles. The Balaban J connectivity index is 1.46. The van der Waals surface area contributed by atoms with Crippen molar-refractivity contribution in [3.05, 3.63) is 42.0 Å². The summed E-state index contributed by atoms with van der Waals surface area (Å²) in [6.45, 7) is 2.59. The van der Waals surface area contributed by atoms with Gasteiger partial charge in [-0.05, 0) is 39.0 Å². The minimum absolute atomic E-state index is 0.0347. The molecule has 1 aliphatic carbocycles. The van der Waals surface area contributed by atoms with Crippen LogP contribution in [0.3, 0.4) is 0 Å². The molecule has 1 unspecified atom stereocenters. The number of nitrogens with one attached hydrogen (secondary N) is 2. The number of thioether (sulfide) groups is 1. The molecule has 132 valence electrons. The van der Waals surface area contributed by atoms with Crippen molar-refractivity contribution in [2.24, 2.45) is 0 Å². The maximum atomic E-state index is 12.2. The molecule has 0 aliphatic heterocycles. The first-order valence-electron chi connectivity index (χ1n) is 8.82. The van der Waals surface area contributed by atoms with Crippen LogP contribution in [0.1, 0.15) is 39.0 Å². The first-order valence-corrected chi connectivity index (χ1v) is 9.70. The van der Waals surface area contributed by atoms with Gasteiger partial charge in [-0.3, -0.25) is 9.89 Å². The molecule has 2 aromatic rings. The number of aromatic amines is 1. The number of hydrogen-bond donors (Lipinski definition) is 2. The fraction of sp³-hybridized carbons (Fsp3) is 0.421. The normalized spacial score (nSPS) is 15.5. The molecule has 5 nitrogen and oxygen atoms in total. The monoisotopic (exact) mass is 356 g/mol. The third kappa shape index (κ3) is 5.19. The van der Waals surface area contributed by atoms with Crippen LogP contribution in [0, 0.1) is 0 Å². The lowest BCUT2D eigenvalue weighted by Gasteiger charge is -2.14. The summed E-state index contributed by atoms with van der Waals surface area (Å²) in [7, 11) is 0. The van der Waals surface area contributed by atoms with Crippen LogP contribution in [0.2, 0.25) is 0 Å². The molecule has 1 aromatic heterocycles. The number of carbonyl (C=O) groups excluding carboxylic acids is 1. The van der Waals surface area contributed by atoms with Crippen LogP contribution < -0.4 is 5.32 Å². The lowest BCUT2D eigenvalue weighted by molar-refractivity contribution is -0.120. The zero-order valence-corrected chi connectivity index (χ0v) is 15.3. The number of aromatic nitrogens is 3. The van der Waals surface area contributed by atoms with Gasteiger partial charge in [0.15, 0.2) is 5.82 Å². The van der Waals surface area contributed by atoms with Gasteiger partial charge in [0.1, 0.15) is 0 Å². The van der Waals surface area contributed by atoms with E-state index in [4.69, 9.17) is 0 Å². The van der Waals surface area contributed by atoms with Crippen molar-refractivity contribution in [2.45, 2.75) is 49.4 Å². The SMILES string of the molecule is CC(Sc1n[nH]c(-c2ccccc2)n1)C(=O)NCCC1=CCCCC1. The predicted octanol–water partition coefficient (Wildman–Crippen LogP) is 3.96. The van der Waals surface area contributed by atoms with Gasteiger partial charge < -0.3 is 5.32 Å². The highest BCUT2D eigenvalue weighted by Gasteiger charge is 2.17. The quantitative estimate of drug-likeness (QED) is 0.582. The summed E-state index contributed by atoms with van der Waals surface area (Å²) in [5, 5.41) is 10.5. The Morgan fingerprint density at radius 2 is 2.16 bits per heavy atom. The van der Waals surface area contributed by atoms with Crippen molar-refractivity contribution in [1.29, 1.82) is 0 Å². The van der Waals surface area contributed by atoms with Gasteiger partial charge in [0.05, 0.1) is 5.25 Å². The van der Waals surface area contributed by atoms with Gasteiger partial charge in [-0.15, -0.1) is 5.10 Å². The molecular formula is C19H24N4OS. The maximum Gasteiger partial charge on any atom is 0.233 e. The Labute approximate surface area is 152 Å². The van der Waals surface area contributed by atoms with E-state index in [0.29, 0.717) is 11.7 Å². The van der Waals surface area contributed by atoms with Gasteiger partial charge in [-0.1, -0.05) is 53.7 Å². The zero-order chi connectivity index (χ0) is 17.5. The summed E-state index contributed by atoms with van der Waals surface area (Å²) >= 11 is 1.37. The van der Waals surface area contributed by atoms with E-state index in [1.54, 1.807) is 0 Å². The van der Waals surface area contributed by atoms with Crippen molar-refractivity contribution >= 4 is 17.7 Å². The van der Waals surface area contributed by atoms with Crippen LogP contribution in [0.5, 0.6) is 0 Å². The van der Waals surface area contributed by atoms with Gasteiger partial charge in [0.2, 0.25) is 11.1 Å². The van der Waals surface area contributed by atoms with E-state index in [2.05, 4.69) is 26.6 Å². The van der Waals surface area contributed by atoms with Gasteiger partial charge in [-0.25, -0.2) is 4.98 Å². The first-order chi connectivity index (χ1) is 12.2. The summed E-state index contributed by atoms with van der Waals surface area (Å²) in [6, 6.07) is 9.84. The Morgan fingerprint density at radius 3 is 2.92 bits per heavy atom. The van der Waals surface area contributed by atoms with E-state index in [1.807, 2.05) is 37.3 Å². The Hall–Kier alpha value is -2.08. The third-order valence-corrected chi connectivity index (χ3v) is 5.25. The molecule has 25 heavy (non-hydrogen) atoms. The minimum atomic E-state index is -0.222. The highest BCUT2D eigenvalue weighted by Crippen LogP contribution is 2.23. The fourth-order valence-corrected chi connectivity index (χ4v) is 3.61. The van der Waals surface area contributed by atoms with Gasteiger partial charge in [0.25, 0.3) is 0 Å². The fourth-order valence-electron chi connectivity index (χ4n) is 2.86. The van der Waals surface area contributed by atoms with Crippen molar-refractivity contribution in [3.8, 4) is 11.4 Å². The van der Waals surface area contributed by atoms with Gasteiger partial charge in [-0.2, -0.15) is 0 Å². The van der Waals surface area contributed by atoms with Crippen molar-refractivity contribution in [1.82, 2.24) is 20.5 Å². The van der Waals surface area contributed by atoms with Crippen LogP contribution in [-0.4, -0.2) is 32.9 Å². The number of H-pyrrole nitrogens is 1. The molecule has 1 aromatic carbocycles. The number of allylic oxidation sites excluding steroid dienone is 1. The van der Waals surface area contributed by atoms with Crippen LogP contribution in [0.25, 0.3) is 11.4 Å². The number of nitrogens with zero attached hydrogens (tertiary/aromatic N) is 2. The average molecular weight is 356 g/mol. The summed E-state index contributed by atoms with van der Waals surface area (Å²) in [5.41, 5.74) is 2.47. The van der Waals surface area contributed by atoms with Crippen LogP contribution in [0.4, 0.5) is 0 Å². The minimum Gasteiger partial charge on any atom is -0.355 e. The van der Waals surface area contributed by atoms with E-state index >= 15 is 0 Å². The third-order valence-electron chi connectivity index (χ3n) is 4.29. The molecule has 6 heteroatoms. The molecular weight excluding hydrogens is 332 g/mol. The topological polar surface area (TPSA) is 70.7 Å². The average Bonchev–Trinajstić information content (AvgIpc) is 3.12. The number of carbonyl (C=O) groups is 1. The first kappa shape index (κ1) is 17.7. The van der Waals surface area contributed by atoms with E-state index in [1.165, 1.54) is 43.0 Å². The highest BCUT2D eigenvalue weighted by atomic mass is 32.2. The molecule has 0 saturated carbocycles. The molecule has 3 rings (SSSR count). The van der Waals surface area contributed by atoms with Crippen LogP contribution in [0.15, 0.2) is 47.1 Å². The molecule has 1 aliphatic rings. The van der Waals surface area contributed by atoms with Gasteiger partial charge >= 0.3 is 0 Å². The van der Waals surface area contributed by atoms with Crippen molar-refractivity contribution in [3.63, 3.8) is 0 Å². The number of amides is 1. The molecule has 1 heterocycles. The Kier molecular flexibility index (Phi) is 6.28. The molecule has 0 fully saturated rings. The summed E-state index contributed by atoms with van der Waals surface area (Å²) in [5.74, 6) is 0.757. The van der Waals surface area contributed by atoms with Crippen LogP contribution >= 0.6 is 11.8 Å². The number of rotatable bonds is 7. The molecule has 1 amide bonds. The second-order valence-corrected chi connectivity index (χ2v) is 7.55. The molecule has 0 bridgehead atoms. The van der Waals surface area contributed by atoms with E-state index < -0.39 is 0 Å². The standard InChI is InChI=1S/C19H24N4OS/c1-14(18(24)20-13-12-15-8-4-2-5-9-15)25-19-21-17(22-23-19)16-10-6-3-7-11-16/h3,6-8,10-11,14H,2,4-5,9,12-13H2,1H3,(H,20,24)(H,21,22,23). The van der Waals surface area contributed by atoms with E-state index in [0.717, 1.165) is 17.8 Å². The largest absolute Gasteiger partial charge is 0.355 e. The summed E-state index contributed by atoms with van der Waals surface area (Å²) in [6.07, 6.45) is 8.23. The summed E-state index contributed by atoms with van der Waals surface area (Å²) < 4.78 is 0. The number of hydrogen-bond acceptors (Lipinski definition) is 4. The summed E-state index contributed by atoms with van der Waals surface area (Å²) in [4.78, 5) is 16.7. The molecule has 2 N–H and O–H groups in total. The Morgan fingerprint density at radius 1 is 1.32 bits per heavy atom. The van der Waals surface area contributed by atoms with E-state index in [-0.39, 0.29) is 11.2 Å². The predicted molar refractivity (Wildman–Crippen MR) is 101 cm³/mol. The second kappa shape index (κ2) is 8.85. The van der Waals surface area contributed by atoms with Crippen LogP contribution in [-0.2, 0) is 4.79 Å². The lowest BCUT2D eigenvalue weighted by Crippen LogP contribution is -2.32. The smallest absolute Gasteiger partial charge is 0.233 e. The maximum absolute atomic E-state index is 12.2. The van der Waals surface area contributed by atoms with Crippen molar-refractivity contribution in [2.75, 3.05) is 6.54 Å². The van der Waals surface area contributed by atoms with Gasteiger partial charge in [0, 0.05) is 12.1 Å². The number of benzene rings is 1. The molecule has 1 atom stereocenters. The molecule has 0 spiro atoms. The zero-order valence-electron chi connectivity index (χ0n) is 14.5. The highest BCUT2D eigenvalue weighted by molar-refractivity contribution is 8.00. The lowest BCUT2D eigenvalue weighted by atomic mass is 9.97.